The standard InChI is InChI=1S/C28H23FN4O2/c29-21-13-15-23(16-14-21)32(18-22-8-6-7-17-30-22)28(34)19-33-26-12-5-4-11-25(26)31-27(33)20-35-24-9-2-1-3-10-24/h1-17H,18-20H2. The number of hydrogen-bond acceptors (Lipinski definition) is 4. The van der Waals surface area contributed by atoms with Crippen molar-refractivity contribution in [3.05, 3.63) is 121 Å². The Hall–Kier alpha value is -4.52. The summed E-state index contributed by atoms with van der Waals surface area (Å²) in [4.78, 5) is 24.4. The van der Waals surface area contributed by atoms with Crippen LogP contribution in [0.4, 0.5) is 10.1 Å². The number of aromatic nitrogens is 3. The van der Waals surface area contributed by atoms with Crippen LogP contribution in [0.1, 0.15) is 11.5 Å². The summed E-state index contributed by atoms with van der Waals surface area (Å²) in [6, 6.07) is 28.6. The van der Waals surface area contributed by atoms with E-state index in [0.717, 1.165) is 22.5 Å². The average molecular weight is 467 g/mol. The Kier molecular flexibility index (Phi) is 6.48. The van der Waals surface area contributed by atoms with Gasteiger partial charge in [0, 0.05) is 11.9 Å². The second-order valence-electron chi connectivity index (χ2n) is 7.98. The Balaban J connectivity index is 1.46. The molecule has 0 aliphatic rings. The number of ether oxygens (including phenoxy) is 1. The molecule has 5 rings (SSSR count). The van der Waals surface area contributed by atoms with Gasteiger partial charge in [0.15, 0.2) is 0 Å². The zero-order valence-corrected chi connectivity index (χ0v) is 18.9. The zero-order valence-electron chi connectivity index (χ0n) is 18.9. The van der Waals surface area contributed by atoms with Crippen LogP contribution in [0.3, 0.4) is 0 Å². The van der Waals surface area contributed by atoms with Crippen LogP contribution < -0.4 is 9.64 Å². The SMILES string of the molecule is O=C(Cn1c(COc2ccccc2)nc2ccccc21)N(Cc1ccccn1)c1ccc(F)cc1. The molecule has 0 radical (unpaired) electrons. The number of nitrogens with zero attached hydrogens (tertiary/aromatic N) is 4. The van der Waals surface area contributed by atoms with Crippen LogP contribution in [0.2, 0.25) is 0 Å². The highest BCUT2D eigenvalue weighted by atomic mass is 19.1. The third kappa shape index (κ3) is 5.19. The van der Waals surface area contributed by atoms with Crippen molar-refractivity contribution in [2.75, 3.05) is 4.90 Å². The molecule has 0 saturated carbocycles. The fourth-order valence-corrected chi connectivity index (χ4v) is 3.90. The smallest absolute Gasteiger partial charge is 0.247 e. The number of carbonyl (C=O) groups is 1. The molecule has 7 heteroatoms. The predicted molar refractivity (Wildman–Crippen MR) is 132 cm³/mol. The fourth-order valence-electron chi connectivity index (χ4n) is 3.90. The Morgan fingerprint density at radius 1 is 0.886 bits per heavy atom. The van der Waals surface area contributed by atoms with Crippen molar-refractivity contribution in [1.82, 2.24) is 14.5 Å². The highest BCUT2D eigenvalue weighted by molar-refractivity contribution is 5.94. The van der Waals surface area contributed by atoms with Gasteiger partial charge in [-0.15, -0.1) is 0 Å². The fraction of sp³-hybridized carbons (Fsp3) is 0.107. The van der Waals surface area contributed by atoms with E-state index in [4.69, 9.17) is 9.72 Å². The molecule has 6 nitrogen and oxygen atoms in total. The summed E-state index contributed by atoms with van der Waals surface area (Å²) in [7, 11) is 0. The van der Waals surface area contributed by atoms with Crippen molar-refractivity contribution >= 4 is 22.6 Å². The molecule has 5 aromatic rings. The summed E-state index contributed by atoms with van der Waals surface area (Å²) in [5, 5.41) is 0. The number of rotatable bonds is 8. The molecule has 0 spiro atoms. The van der Waals surface area contributed by atoms with Gasteiger partial charge in [-0.05, 0) is 60.7 Å². The number of fused-ring (bicyclic) bond motifs is 1. The Labute approximate surface area is 202 Å². The molecular weight excluding hydrogens is 443 g/mol. The summed E-state index contributed by atoms with van der Waals surface area (Å²) in [5.41, 5.74) is 2.94. The number of benzene rings is 3. The predicted octanol–water partition coefficient (Wildman–Crippen LogP) is 5.38. The molecule has 0 atom stereocenters. The second-order valence-corrected chi connectivity index (χ2v) is 7.98. The lowest BCUT2D eigenvalue weighted by molar-refractivity contribution is -0.119. The summed E-state index contributed by atoms with van der Waals surface area (Å²) in [5.74, 6) is 0.826. The maximum atomic E-state index is 13.7. The van der Waals surface area contributed by atoms with Gasteiger partial charge in [0.05, 0.1) is 23.3 Å². The second kappa shape index (κ2) is 10.2. The number of amides is 1. The monoisotopic (exact) mass is 466 g/mol. The molecule has 0 saturated heterocycles. The lowest BCUT2D eigenvalue weighted by Crippen LogP contribution is -2.34. The molecule has 174 valence electrons. The Bertz CT molecular complexity index is 1420. The van der Waals surface area contributed by atoms with Gasteiger partial charge in [0.2, 0.25) is 5.91 Å². The van der Waals surface area contributed by atoms with Gasteiger partial charge in [0.1, 0.15) is 30.5 Å². The van der Waals surface area contributed by atoms with Crippen LogP contribution in [-0.4, -0.2) is 20.4 Å². The maximum absolute atomic E-state index is 13.7. The minimum atomic E-state index is -0.361. The molecule has 2 heterocycles. The highest BCUT2D eigenvalue weighted by Crippen LogP contribution is 2.22. The number of pyridine rings is 1. The van der Waals surface area contributed by atoms with Gasteiger partial charge in [-0.2, -0.15) is 0 Å². The molecule has 35 heavy (non-hydrogen) atoms. The van der Waals surface area contributed by atoms with Crippen LogP contribution in [0.15, 0.2) is 103 Å². The first-order valence-corrected chi connectivity index (χ1v) is 11.3. The molecule has 0 aliphatic carbocycles. The quantitative estimate of drug-likeness (QED) is 0.308. The van der Waals surface area contributed by atoms with E-state index in [1.165, 1.54) is 12.1 Å². The van der Waals surface area contributed by atoms with Crippen LogP contribution in [0, 0.1) is 5.82 Å². The summed E-state index contributed by atoms with van der Waals surface area (Å²) in [6.45, 7) is 0.509. The van der Waals surface area contributed by atoms with E-state index in [1.54, 1.807) is 23.2 Å². The molecule has 3 aromatic carbocycles. The Morgan fingerprint density at radius 2 is 1.63 bits per heavy atom. The van der Waals surface area contributed by atoms with E-state index in [1.807, 2.05) is 77.4 Å². The molecule has 0 N–H and O–H groups in total. The normalized spacial score (nSPS) is 10.9. The van der Waals surface area contributed by atoms with Crippen LogP contribution >= 0.6 is 0 Å². The largest absolute Gasteiger partial charge is 0.486 e. The first-order chi connectivity index (χ1) is 17.2. The highest BCUT2D eigenvalue weighted by Gasteiger charge is 2.21. The van der Waals surface area contributed by atoms with E-state index in [9.17, 15) is 9.18 Å². The van der Waals surface area contributed by atoms with Gasteiger partial charge in [-0.1, -0.05) is 36.4 Å². The third-order valence-electron chi connectivity index (χ3n) is 5.62. The Morgan fingerprint density at radius 3 is 2.40 bits per heavy atom. The van der Waals surface area contributed by atoms with Gasteiger partial charge in [-0.25, -0.2) is 9.37 Å². The van der Waals surface area contributed by atoms with Crippen molar-refractivity contribution in [2.45, 2.75) is 19.7 Å². The van der Waals surface area contributed by atoms with Gasteiger partial charge in [-0.3, -0.25) is 9.78 Å². The number of carbonyl (C=O) groups excluding carboxylic acids is 1. The molecule has 0 fully saturated rings. The lowest BCUT2D eigenvalue weighted by atomic mass is 10.2. The van der Waals surface area contributed by atoms with E-state index >= 15 is 0 Å². The van der Waals surface area contributed by atoms with Crippen LogP contribution in [0.25, 0.3) is 11.0 Å². The van der Waals surface area contributed by atoms with E-state index in [0.29, 0.717) is 11.5 Å². The van der Waals surface area contributed by atoms with E-state index in [-0.39, 0.29) is 31.4 Å². The molecule has 1 amide bonds. The first-order valence-electron chi connectivity index (χ1n) is 11.3. The summed E-state index contributed by atoms with van der Waals surface area (Å²) < 4.78 is 21.4. The molecule has 2 aromatic heterocycles. The average Bonchev–Trinajstić information content (AvgIpc) is 3.25. The van der Waals surface area contributed by atoms with Gasteiger partial charge in [0.25, 0.3) is 0 Å². The lowest BCUT2D eigenvalue weighted by Gasteiger charge is -2.23. The number of anilines is 1. The molecular formula is C28H23FN4O2. The topological polar surface area (TPSA) is 60.3 Å². The van der Waals surface area contributed by atoms with Gasteiger partial charge < -0.3 is 14.2 Å². The van der Waals surface area contributed by atoms with E-state index in [2.05, 4.69) is 4.98 Å². The molecule has 0 bridgehead atoms. The minimum Gasteiger partial charge on any atom is -0.486 e. The van der Waals surface area contributed by atoms with Crippen molar-refractivity contribution < 1.29 is 13.9 Å². The number of imidazole rings is 1. The van der Waals surface area contributed by atoms with E-state index < -0.39 is 0 Å². The first kappa shape index (κ1) is 22.3. The molecule has 0 aliphatic heterocycles. The number of halogens is 1. The minimum absolute atomic E-state index is 0.0399. The number of para-hydroxylation sites is 3. The summed E-state index contributed by atoms with van der Waals surface area (Å²) in [6.07, 6.45) is 1.69. The molecule has 0 unspecified atom stereocenters. The van der Waals surface area contributed by atoms with Gasteiger partial charge >= 0.3 is 0 Å². The zero-order chi connectivity index (χ0) is 24.0. The van der Waals surface area contributed by atoms with Crippen molar-refractivity contribution in [2.24, 2.45) is 0 Å². The van der Waals surface area contributed by atoms with Crippen molar-refractivity contribution in [1.29, 1.82) is 0 Å². The summed E-state index contributed by atoms with van der Waals surface area (Å²) >= 11 is 0. The third-order valence-corrected chi connectivity index (χ3v) is 5.62. The van der Waals surface area contributed by atoms with Crippen LogP contribution in [0.5, 0.6) is 5.75 Å². The number of hydrogen-bond donors (Lipinski definition) is 0. The van der Waals surface area contributed by atoms with Crippen molar-refractivity contribution in [3.8, 4) is 5.75 Å². The van der Waals surface area contributed by atoms with Crippen LogP contribution in [-0.2, 0) is 24.5 Å². The maximum Gasteiger partial charge on any atom is 0.247 e. The van der Waals surface area contributed by atoms with Crippen molar-refractivity contribution in [3.63, 3.8) is 0 Å².